The van der Waals surface area contributed by atoms with Crippen LogP contribution in [0.25, 0.3) is 0 Å². The fraction of sp³-hybridized carbons (Fsp3) is 0.519. The summed E-state index contributed by atoms with van der Waals surface area (Å²) in [5.41, 5.74) is 7.07. The molecular weight excluding hydrogens is 510 g/mol. The smallest absolute Gasteiger partial charge is 0.407 e. The molecule has 1 unspecified atom stereocenters. The van der Waals surface area contributed by atoms with Crippen LogP contribution in [0.5, 0.6) is 0 Å². The second-order valence-electron chi connectivity index (χ2n) is 10.3. The Balaban J connectivity index is 1.51. The number of fused-ring (bicyclic) bond motifs is 1. The maximum Gasteiger partial charge on any atom is 0.407 e. The summed E-state index contributed by atoms with van der Waals surface area (Å²) < 4.78 is 44.9. The van der Waals surface area contributed by atoms with Crippen LogP contribution in [0, 0.1) is 11.8 Å². The molecule has 2 aliphatic heterocycles. The molecule has 2 saturated heterocycles. The van der Waals surface area contributed by atoms with E-state index in [4.69, 9.17) is 19.9 Å². The molecule has 2 heterocycles. The van der Waals surface area contributed by atoms with Crippen molar-refractivity contribution in [2.75, 3.05) is 32.0 Å². The molecule has 0 aliphatic carbocycles. The molecule has 0 aromatic heterocycles. The number of nitrogens with two attached hydrogens (primary N) is 1. The first kappa shape index (κ1) is 28.3. The van der Waals surface area contributed by atoms with E-state index in [1.54, 1.807) is 0 Å². The van der Waals surface area contributed by atoms with Crippen molar-refractivity contribution in [3.63, 3.8) is 0 Å². The molecule has 2 fully saturated rings. The Labute approximate surface area is 224 Å². The van der Waals surface area contributed by atoms with Crippen LogP contribution in [-0.4, -0.2) is 74.8 Å². The van der Waals surface area contributed by atoms with Crippen LogP contribution in [0.2, 0.25) is 0 Å². The standard InChI is InChI=1S/C27H37N3O7S/c1-18(2)15-30(38(33,34)21-10-8-20(28)9-11-21)16-24(31)23(14-19-6-4-3-5-7-19)29-27(32)37-25-17-36-26-22(25)12-13-35-26/h3-11,18,22-26,31H,12-17,28H2,1-2H3,(H,29,32)/t22?,23-,24+,25-,26+/m0/s1. The van der Waals surface area contributed by atoms with Crippen LogP contribution >= 0.6 is 0 Å². The number of sulfonamides is 1. The van der Waals surface area contributed by atoms with Gasteiger partial charge in [0.25, 0.3) is 0 Å². The molecule has 4 rings (SSSR count). The Morgan fingerprint density at radius 2 is 1.84 bits per heavy atom. The van der Waals surface area contributed by atoms with E-state index in [9.17, 15) is 18.3 Å². The van der Waals surface area contributed by atoms with Crippen molar-refractivity contribution in [3.8, 4) is 0 Å². The second kappa shape index (κ2) is 12.4. The highest BCUT2D eigenvalue weighted by Gasteiger charge is 2.44. The molecule has 1 amide bonds. The number of aliphatic hydroxyl groups is 1. The van der Waals surface area contributed by atoms with E-state index < -0.39 is 34.4 Å². The predicted molar refractivity (Wildman–Crippen MR) is 142 cm³/mol. The van der Waals surface area contributed by atoms with Crippen LogP contribution < -0.4 is 11.1 Å². The fourth-order valence-corrected chi connectivity index (χ4v) is 6.45. The molecule has 2 aromatic rings. The molecule has 208 valence electrons. The number of amides is 1. The number of nitrogens with zero attached hydrogens (tertiary/aromatic N) is 1. The molecule has 2 aliphatic rings. The Morgan fingerprint density at radius 3 is 2.53 bits per heavy atom. The van der Waals surface area contributed by atoms with Crippen molar-refractivity contribution in [3.05, 3.63) is 60.2 Å². The summed E-state index contributed by atoms with van der Waals surface area (Å²) in [6.45, 7) is 4.58. The van der Waals surface area contributed by atoms with E-state index in [1.807, 2.05) is 44.2 Å². The summed E-state index contributed by atoms with van der Waals surface area (Å²) in [4.78, 5) is 13.0. The molecule has 2 aromatic carbocycles. The molecule has 10 nitrogen and oxygen atoms in total. The Morgan fingerprint density at radius 1 is 1.13 bits per heavy atom. The van der Waals surface area contributed by atoms with Gasteiger partial charge in [-0.15, -0.1) is 0 Å². The molecule has 0 spiro atoms. The first-order valence-corrected chi connectivity index (χ1v) is 14.4. The van der Waals surface area contributed by atoms with Gasteiger partial charge in [-0.2, -0.15) is 4.31 Å². The minimum Gasteiger partial charge on any atom is -0.443 e. The minimum absolute atomic E-state index is 0.000183. The third kappa shape index (κ3) is 7.03. The Kier molecular flexibility index (Phi) is 9.27. The Hall–Kier alpha value is -2.70. The van der Waals surface area contributed by atoms with E-state index in [2.05, 4.69) is 5.32 Å². The highest BCUT2D eigenvalue weighted by atomic mass is 32.2. The van der Waals surface area contributed by atoms with Crippen LogP contribution in [0.1, 0.15) is 25.8 Å². The van der Waals surface area contributed by atoms with Gasteiger partial charge in [-0.05, 0) is 48.6 Å². The number of carbonyl (C=O) groups excluding carboxylic acids is 1. The van der Waals surface area contributed by atoms with Crippen molar-refractivity contribution in [2.45, 2.75) is 56.1 Å². The van der Waals surface area contributed by atoms with Crippen LogP contribution in [0.4, 0.5) is 10.5 Å². The lowest BCUT2D eigenvalue weighted by molar-refractivity contribution is -0.0907. The third-order valence-electron chi connectivity index (χ3n) is 6.79. The summed E-state index contributed by atoms with van der Waals surface area (Å²) in [5, 5.41) is 14.1. The highest BCUT2D eigenvalue weighted by Crippen LogP contribution is 2.33. The number of nitrogens with one attached hydrogen (secondary N) is 1. The average molecular weight is 548 g/mol. The number of carbonyl (C=O) groups is 1. The highest BCUT2D eigenvalue weighted by molar-refractivity contribution is 7.89. The van der Waals surface area contributed by atoms with E-state index in [-0.39, 0.29) is 49.1 Å². The zero-order chi connectivity index (χ0) is 27.3. The van der Waals surface area contributed by atoms with Crippen LogP contribution in [0.3, 0.4) is 0 Å². The molecule has 38 heavy (non-hydrogen) atoms. The zero-order valence-corrected chi connectivity index (χ0v) is 22.5. The third-order valence-corrected chi connectivity index (χ3v) is 8.63. The van der Waals surface area contributed by atoms with E-state index >= 15 is 0 Å². The number of ether oxygens (including phenoxy) is 3. The first-order valence-electron chi connectivity index (χ1n) is 12.9. The number of anilines is 1. The molecule has 11 heteroatoms. The van der Waals surface area contributed by atoms with Crippen molar-refractivity contribution in [1.29, 1.82) is 0 Å². The van der Waals surface area contributed by atoms with Gasteiger partial charge in [0, 0.05) is 18.8 Å². The van der Waals surface area contributed by atoms with E-state index in [0.29, 0.717) is 12.3 Å². The van der Waals surface area contributed by atoms with Gasteiger partial charge < -0.3 is 30.4 Å². The van der Waals surface area contributed by atoms with Gasteiger partial charge in [-0.25, -0.2) is 13.2 Å². The quantitative estimate of drug-likeness (QED) is 0.364. The number of benzene rings is 2. The monoisotopic (exact) mass is 547 g/mol. The largest absolute Gasteiger partial charge is 0.443 e. The van der Waals surface area contributed by atoms with Crippen molar-refractivity contribution in [2.24, 2.45) is 11.8 Å². The lowest BCUT2D eigenvalue weighted by Crippen LogP contribution is -2.51. The average Bonchev–Trinajstić information content (AvgIpc) is 3.49. The van der Waals surface area contributed by atoms with Crippen molar-refractivity contribution < 1.29 is 32.5 Å². The Bertz CT molecular complexity index is 1160. The van der Waals surface area contributed by atoms with E-state index in [0.717, 1.165) is 12.0 Å². The van der Waals surface area contributed by atoms with Crippen LogP contribution in [0.15, 0.2) is 59.5 Å². The minimum atomic E-state index is -3.93. The molecule has 0 saturated carbocycles. The maximum absolute atomic E-state index is 13.5. The summed E-state index contributed by atoms with van der Waals surface area (Å²) in [5.74, 6) is -0.0231. The number of hydrogen-bond donors (Lipinski definition) is 3. The molecule has 4 N–H and O–H groups in total. The number of nitrogen functional groups attached to an aromatic ring is 1. The lowest BCUT2D eigenvalue weighted by atomic mass is 10.0. The van der Waals surface area contributed by atoms with Crippen molar-refractivity contribution >= 4 is 21.8 Å². The second-order valence-corrected chi connectivity index (χ2v) is 12.2. The first-order chi connectivity index (χ1) is 18.1. The maximum atomic E-state index is 13.5. The van der Waals surface area contributed by atoms with Gasteiger partial charge in [0.15, 0.2) is 6.29 Å². The normalized spacial score (nSPS) is 22.8. The number of alkyl carbamates (subject to hydrolysis) is 1. The lowest BCUT2D eigenvalue weighted by Gasteiger charge is -2.31. The van der Waals surface area contributed by atoms with Gasteiger partial charge >= 0.3 is 6.09 Å². The summed E-state index contributed by atoms with van der Waals surface area (Å²) in [7, 11) is -3.93. The van der Waals surface area contributed by atoms with Gasteiger partial charge in [0.1, 0.15) is 6.10 Å². The van der Waals surface area contributed by atoms with Gasteiger partial charge in [0.05, 0.1) is 36.2 Å². The summed E-state index contributed by atoms with van der Waals surface area (Å²) >= 11 is 0. The predicted octanol–water partition coefficient (Wildman–Crippen LogP) is 2.38. The number of hydrogen-bond acceptors (Lipinski definition) is 8. The van der Waals surface area contributed by atoms with Crippen molar-refractivity contribution in [1.82, 2.24) is 9.62 Å². The zero-order valence-electron chi connectivity index (χ0n) is 21.7. The molecular formula is C27H37N3O7S. The summed E-state index contributed by atoms with van der Waals surface area (Å²) in [6, 6.07) is 14.5. The fourth-order valence-electron chi connectivity index (χ4n) is 4.82. The van der Waals surface area contributed by atoms with E-state index in [1.165, 1.54) is 28.6 Å². The van der Waals surface area contributed by atoms with Gasteiger partial charge in [-0.3, -0.25) is 0 Å². The topological polar surface area (TPSA) is 140 Å². The SMILES string of the molecule is CC(C)CN(C[C@@H](O)[C@H](Cc1ccccc1)NC(=O)O[C@H]1CO[C@H]2OCCC21)S(=O)(=O)c1ccc(N)cc1. The number of aliphatic hydroxyl groups excluding tert-OH is 1. The van der Waals surface area contributed by atoms with Gasteiger partial charge in [0.2, 0.25) is 10.0 Å². The van der Waals surface area contributed by atoms with Crippen LogP contribution in [-0.2, 0) is 30.7 Å². The molecule has 0 radical (unpaired) electrons. The summed E-state index contributed by atoms with van der Waals surface area (Å²) in [6.07, 6.45) is -1.69. The molecule has 5 atom stereocenters. The molecule has 0 bridgehead atoms. The number of rotatable bonds is 11. The van der Waals surface area contributed by atoms with Gasteiger partial charge in [-0.1, -0.05) is 44.2 Å².